The largest absolute Gasteiger partial charge is 0.324 e. The molecule has 0 bridgehead atoms. The fraction of sp³-hybridized carbons (Fsp3) is 0.429. The third kappa shape index (κ3) is 0.984. The molecule has 0 saturated carbocycles. The average Bonchev–Trinajstić information content (AvgIpc) is 1.77. The molecule has 0 heterocycles. The highest BCUT2D eigenvalue weighted by molar-refractivity contribution is 5.15. The summed E-state index contributed by atoms with van der Waals surface area (Å²) in [5.74, 6) is 0.514. The van der Waals surface area contributed by atoms with Gasteiger partial charge in [-0.05, 0) is 5.92 Å². The lowest BCUT2D eigenvalue weighted by Gasteiger charge is -2.13. The van der Waals surface area contributed by atoms with Crippen molar-refractivity contribution in [2.45, 2.75) is 13.0 Å². The first-order valence-corrected chi connectivity index (χ1v) is 2.91. The second-order valence-electron chi connectivity index (χ2n) is 2.21. The van der Waals surface area contributed by atoms with E-state index in [0.29, 0.717) is 5.92 Å². The summed E-state index contributed by atoms with van der Waals surface area (Å²) in [6.07, 6.45) is 8.16. The van der Waals surface area contributed by atoms with Gasteiger partial charge in [0.25, 0.3) is 0 Å². The van der Waals surface area contributed by atoms with Crippen LogP contribution in [-0.2, 0) is 0 Å². The Morgan fingerprint density at radius 2 is 1.88 bits per heavy atom. The van der Waals surface area contributed by atoms with Gasteiger partial charge in [0.15, 0.2) is 0 Å². The van der Waals surface area contributed by atoms with E-state index < -0.39 is 0 Å². The van der Waals surface area contributed by atoms with Gasteiger partial charge in [-0.15, -0.1) is 0 Å². The monoisotopic (exact) mass is 109 g/mol. The van der Waals surface area contributed by atoms with Crippen LogP contribution in [0.1, 0.15) is 6.92 Å². The highest BCUT2D eigenvalue weighted by atomic mass is 14.6. The minimum absolute atomic E-state index is 0.236. The van der Waals surface area contributed by atoms with Crippen molar-refractivity contribution in [2.24, 2.45) is 11.7 Å². The van der Waals surface area contributed by atoms with Crippen molar-refractivity contribution in [1.82, 2.24) is 0 Å². The molecule has 0 radical (unpaired) electrons. The molecule has 8 heavy (non-hydrogen) atoms. The summed E-state index contributed by atoms with van der Waals surface area (Å²) in [4.78, 5) is 0. The normalized spacial score (nSPS) is 35.8. The minimum atomic E-state index is 0.236. The molecular formula is C7H11N. The Morgan fingerprint density at radius 1 is 1.25 bits per heavy atom. The van der Waals surface area contributed by atoms with Crippen LogP contribution in [-0.4, -0.2) is 6.04 Å². The van der Waals surface area contributed by atoms with Gasteiger partial charge in [-0.3, -0.25) is 0 Å². The van der Waals surface area contributed by atoms with Gasteiger partial charge in [0, 0.05) is 6.04 Å². The SMILES string of the molecule is CC1C=CC=C[C@H]1N. The van der Waals surface area contributed by atoms with E-state index in [2.05, 4.69) is 13.0 Å². The highest BCUT2D eigenvalue weighted by Gasteiger charge is 2.06. The molecule has 0 aliphatic heterocycles. The molecule has 2 atom stereocenters. The first kappa shape index (κ1) is 5.57. The predicted molar refractivity (Wildman–Crippen MR) is 35.4 cm³/mol. The lowest BCUT2D eigenvalue weighted by atomic mass is 9.98. The van der Waals surface area contributed by atoms with Crippen LogP contribution in [0.15, 0.2) is 24.3 Å². The van der Waals surface area contributed by atoms with Crippen molar-refractivity contribution in [3.63, 3.8) is 0 Å². The molecule has 1 rings (SSSR count). The maximum Gasteiger partial charge on any atom is 0.0288 e. The van der Waals surface area contributed by atoms with E-state index in [4.69, 9.17) is 5.73 Å². The van der Waals surface area contributed by atoms with E-state index in [9.17, 15) is 0 Å². The van der Waals surface area contributed by atoms with Crippen molar-refractivity contribution in [3.05, 3.63) is 24.3 Å². The topological polar surface area (TPSA) is 26.0 Å². The van der Waals surface area contributed by atoms with Crippen LogP contribution in [0.25, 0.3) is 0 Å². The van der Waals surface area contributed by atoms with Crippen LogP contribution < -0.4 is 5.73 Å². The van der Waals surface area contributed by atoms with Crippen LogP contribution in [0.5, 0.6) is 0 Å². The van der Waals surface area contributed by atoms with Crippen LogP contribution >= 0.6 is 0 Å². The second kappa shape index (κ2) is 2.14. The molecule has 2 N–H and O–H groups in total. The molecular weight excluding hydrogens is 98.1 g/mol. The zero-order chi connectivity index (χ0) is 5.98. The van der Waals surface area contributed by atoms with Crippen molar-refractivity contribution in [3.8, 4) is 0 Å². The molecule has 44 valence electrons. The van der Waals surface area contributed by atoms with Crippen LogP contribution in [0, 0.1) is 5.92 Å². The van der Waals surface area contributed by atoms with Gasteiger partial charge in [0.2, 0.25) is 0 Å². The number of nitrogens with two attached hydrogens (primary N) is 1. The molecule has 0 spiro atoms. The Kier molecular flexibility index (Phi) is 1.49. The Balaban J connectivity index is 2.59. The summed E-state index contributed by atoms with van der Waals surface area (Å²) in [5, 5.41) is 0. The summed E-state index contributed by atoms with van der Waals surface area (Å²) < 4.78 is 0. The molecule has 1 nitrogen and oxygen atoms in total. The maximum atomic E-state index is 5.64. The van der Waals surface area contributed by atoms with Crippen molar-refractivity contribution in [2.75, 3.05) is 0 Å². The third-order valence-corrected chi connectivity index (χ3v) is 1.47. The van der Waals surface area contributed by atoms with Crippen molar-refractivity contribution < 1.29 is 0 Å². The molecule has 0 aromatic carbocycles. The molecule has 0 fully saturated rings. The predicted octanol–water partition coefficient (Wildman–Crippen LogP) is 1.08. The molecule has 0 amide bonds. The number of hydrogen-bond donors (Lipinski definition) is 1. The molecule has 0 saturated heterocycles. The van der Waals surface area contributed by atoms with Crippen LogP contribution in [0.3, 0.4) is 0 Å². The van der Waals surface area contributed by atoms with E-state index in [1.807, 2.05) is 18.2 Å². The minimum Gasteiger partial charge on any atom is -0.324 e. The lowest BCUT2D eigenvalue weighted by Crippen LogP contribution is -2.25. The average molecular weight is 109 g/mol. The smallest absolute Gasteiger partial charge is 0.0288 e. The van der Waals surface area contributed by atoms with Gasteiger partial charge >= 0.3 is 0 Å². The Hall–Kier alpha value is -0.560. The Morgan fingerprint density at radius 3 is 2.25 bits per heavy atom. The summed E-state index contributed by atoms with van der Waals surface area (Å²) in [5.41, 5.74) is 5.64. The Labute approximate surface area is 49.9 Å². The van der Waals surface area contributed by atoms with Gasteiger partial charge in [0.1, 0.15) is 0 Å². The fourth-order valence-corrected chi connectivity index (χ4v) is 0.735. The summed E-state index contributed by atoms with van der Waals surface area (Å²) in [7, 11) is 0. The van der Waals surface area contributed by atoms with Crippen molar-refractivity contribution >= 4 is 0 Å². The van der Waals surface area contributed by atoms with Gasteiger partial charge in [-0.1, -0.05) is 31.2 Å². The fourth-order valence-electron chi connectivity index (χ4n) is 0.735. The van der Waals surface area contributed by atoms with Crippen molar-refractivity contribution in [1.29, 1.82) is 0 Å². The Bertz CT molecular complexity index is 108. The molecule has 0 aromatic heterocycles. The van der Waals surface area contributed by atoms with Gasteiger partial charge in [0.05, 0.1) is 0 Å². The zero-order valence-corrected chi connectivity index (χ0v) is 5.04. The second-order valence-corrected chi connectivity index (χ2v) is 2.21. The molecule has 1 heteroatoms. The number of hydrogen-bond acceptors (Lipinski definition) is 1. The van der Waals surface area contributed by atoms with Gasteiger partial charge < -0.3 is 5.73 Å². The first-order chi connectivity index (χ1) is 3.80. The molecule has 0 aromatic rings. The standard InChI is InChI=1S/C7H11N/c1-6-4-2-3-5-7(6)8/h2-7H,8H2,1H3/t6?,7-/m1/s1. The summed E-state index contributed by atoms with van der Waals surface area (Å²) in [6.45, 7) is 2.12. The summed E-state index contributed by atoms with van der Waals surface area (Å²) in [6, 6.07) is 0.236. The van der Waals surface area contributed by atoms with E-state index in [-0.39, 0.29) is 6.04 Å². The highest BCUT2D eigenvalue weighted by Crippen LogP contribution is 2.07. The zero-order valence-electron chi connectivity index (χ0n) is 5.04. The molecule has 1 unspecified atom stereocenters. The van der Waals surface area contributed by atoms with Gasteiger partial charge in [-0.2, -0.15) is 0 Å². The van der Waals surface area contributed by atoms with Crippen LogP contribution in [0.2, 0.25) is 0 Å². The maximum absolute atomic E-state index is 5.64. The van der Waals surface area contributed by atoms with E-state index >= 15 is 0 Å². The molecule has 1 aliphatic carbocycles. The quantitative estimate of drug-likeness (QED) is 0.495. The lowest BCUT2D eigenvalue weighted by molar-refractivity contribution is 0.625. The van der Waals surface area contributed by atoms with E-state index in [0.717, 1.165) is 0 Å². The summed E-state index contributed by atoms with van der Waals surface area (Å²) >= 11 is 0. The van der Waals surface area contributed by atoms with Gasteiger partial charge in [-0.25, -0.2) is 0 Å². The third-order valence-electron chi connectivity index (χ3n) is 1.47. The van der Waals surface area contributed by atoms with E-state index in [1.165, 1.54) is 0 Å². The van der Waals surface area contributed by atoms with E-state index in [1.54, 1.807) is 0 Å². The molecule has 1 aliphatic rings. The van der Waals surface area contributed by atoms with Crippen LogP contribution in [0.4, 0.5) is 0 Å². The first-order valence-electron chi connectivity index (χ1n) is 2.91. The number of rotatable bonds is 0. The number of allylic oxidation sites excluding steroid dienone is 2.